The first-order chi connectivity index (χ1) is 14.1. The van der Waals surface area contributed by atoms with Crippen LogP contribution in [0.5, 0.6) is 0 Å². The number of benzene rings is 2. The van der Waals surface area contributed by atoms with E-state index in [1.807, 2.05) is 35.7 Å². The second-order valence-corrected chi connectivity index (χ2v) is 8.78. The maximum Gasteiger partial charge on any atom is 0.248 e. The van der Waals surface area contributed by atoms with Gasteiger partial charge in [0.05, 0.1) is 5.69 Å². The number of rotatable bonds is 5. The van der Waals surface area contributed by atoms with E-state index in [2.05, 4.69) is 53.3 Å². The van der Waals surface area contributed by atoms with E-state index in [1.54, 1.807) is 0 Å². The Kier molecular flexibility index (Phi) is 6.07. The monoisotopic (exact) mass is 405 g/mol. The number of likely N-dealkylation sites (tertiary alicyclic amines) is 1. The molecule has 4 nitrogen and oxygen atoms in total. The van der Waals surface area contributed by atoms with Crippen LogP contribution >= 0.6 is 11.3 Å². The number of amides is 1. The highest BCUT2D eigenvalue weighted by atomic mass is 32.1. The van der Waals surface area contributed by atoms with Gasteiger partial charge in [-0.1, -0.05) is 67.1 Å². The zero-order chi connectivity index (χ0) is 20.2. The number of aromatic nitrogens is 1. The lowest BCUT2D eigenvalue weighted by Crippen LogP contribution is -2.41. The van der Waals surface area contributed by atoms with E-state index in [0.29, 0.717) is 5.13 Å². The van der Waals surface area contributed by atoms with Gasteiger partial charge in [-0.25, -0.2) is 4.98 Å². The van der Waals surface area contributed by atoms with Gasteiger partial charge in [-0.3, -0.25) is 9.69 Å². The molecule has 0 radical (unpaired) electrons. The lowest BCUT2D eigenvalue weighted by Gasteiger charge is -2.36. The molecule has 150 valence electrons. The van der Waals surface area contributed by atoms with E-state index >= 15 is 0 Å². The topological polar surface area (TPSA) is 45.2 Å². The van der Waals surface area contributed by atoms with Gasteiger partial charge in [-0.05, 0) is 44.3 Å². The molecule has 1 fully saturated rings. The van der Waals surface area contributed by atoms with Gasteiger partial charge in [0.15, 0.2) is 5.13 Å². The summed E-state index contributed by atoms with van der Waals surface area (Å²) in [5.41, 5.74) is 4.22. The van der Waals surface area contributed by atoms with Crippen LogP contribution in [0.25, 0.3) is 11.3 Å². The summed E-state index contributed by atoms with van der Waals surface area (Å²) in [6, 6.07) is 18.1. The number of nitrogens with one attached hydrogen (secondary N) is 1. The number of hydrogen-bond acceptors (Lipinski definition) is 4. The van der Waals surface area contributed by atoms with Gasteiger partial charge in [0.1, 0.15) is 6.04 Å². The van der Waals surface area contributed by atoms with Crippen molar-refractivity contribution in [1.29, 1.82) is 0 Å². The molecule has 0 unspecified atom stereocenters. The molecule has 5 heteroatoms. The molecule has 1 atom stereocenters. The van der Waals surface area contributed by atoms with Gasteiger partial charge in [-0.15, -0.1) is 11.3 Å². The minimum absolute atomic E-state index is 0.00411. The molecule has 1 amide bonds. The molecule has 1 saturated heterocycles. The SMILES string of the molecule is Cc1ccc(-c2csc(NC(=O)[C@H](c3ccccc3)N3CCC(C)CC3)n2)cc1. The third kappa shape index (κ3) is 4.74. The lowest BCUT2D eigenvalue weighted by molar-refractivity contribution is -0.122. The molecule has 3 aromatic rings. The molecule has 1 aliphatic rings. The molecule has 2 aromatic carbocycles. The van der Waals surface area contributed by atoms with Gasteiger partial charge in [-0.2, -0.15) is 0 Å². The Balaban J connectivity index is 1.53. The molecule has 4 rings (SSSR count). The van der Waals surface area contributed by atoms with Crippen LogP contribution in [0.15, 0.2) is 60.0 Å². The standard InChI is InChI=1S/C24H27N3OS/c1-17-8-10-19(11-9-17)21-16-29-24(25-21)26-23(28)22(20-6-4-3-5-7-20)27-14-12-18(2)13-15-27/h3-11,16,18,22H,12-15H2,1-2H3,(H,25,26,28)/t22-/m0/s1. The number of piperidine rings is 1. The van der Waals surface area contributed by atoms with Crippen molar-refractivity contribution in [1.82, 2.24) is 9.88 Å². The Bertz CT molecular complexity index is 944. The van der Waals surface area contributed by atoms with E-state index in [1.165, 1.54) is 16.9 Å². The minimum Gasteiger partial charge on any atom is -0.300 e. The summed E-state index contributed by atoms with van der Waals surface area (Å²) in [6.45, 7) is 6.25. The van der Waals surface area contributed by atoms with Gasteiger partial charge in [0.25, 0.3) is 0 Å². The Morgan fingerprint density at radius 2 is 1.79 bits per heavy atom. The van der Waals surface area contributed by atoms with E-state index in [4.69, 9.17) is 0 Å². The quantitative estimate of drug-likeness (QED) is 0.607. The molecule has 0 spiro atoms. The van der Waals surface area contributed by atoms with Crippen LogP contribution in [-0.4, -0.2) is 28.9 Å². The molecule has 1 N–H and O–H groups in total. The first kappa shape index (κ1) is 19.8. The third-order valence-corrected chi connectivity index (χ3v) is 6.39. The van der Waals surface area contributed by atoms with Gasteiger partial charge >= 0.3 is 0 Å². The number of anilines is 1. The van der Waals surface area contributed by atoms with Crippen LogP contribution in [-0.2, 0) is 4.79 Å². The third-order valence-electron chi connectivity index (χ3n) is 5.63. The largest absolute Gasteiger partial charge is 0.300 e. The molecule has 2 heterocycles. The van der Waals surface area contributed by atoms with Gasteiger partial charge in [0, 0.05) is 10.9 Å². The Morgan fingerprint density at radius 1 is 1.10 bits per heavy atom. The smallest absolute Gasteiger partial charge is 0.248 e. The van der Waals surface area contributed by atoms with Crippen molar-refractivity contribution in [2.75, 3.05) is 18.4 Å². The van der Waals surface area contributed by atoms with Crippen molar-refractivity contribution >= 4 is 22.4 Å². The molecule has 1 aliphatic heterocycles. The first-order valence-corrected chi connectivity index (χ1v) is 11.1. The zero-order valence-corrected chi connectivity index (χ0v) is 17.8. The Hall–Kier alpha value is -2.50. The Labute approximate surface area is 176 Å². The minimum atomic E-state index is -0.282. The maximum atomic E-state index is 13.3. The summed E-state index contributed by atoms with van der Waals surface area (Å²) in [5, 5.41) is 5.73. The van der Waals surface area contributed by atoms with E-state index in [-0.39, 0.29) is 11.9 Å². The highest BCUT2D eigenvalue weighted by Crippen LogP contribution is 2.30. The summed E-state index contributed by atoms with van der Waals surface area (Å²) in [5.74, 6) is 0.720. The van der Waals surface area contributed by atoms with E-state index in [9.17, 15) is 4.79 Å². The number of hydrogen-bond donors (Lipinski definition) is 1. The van der Waals surface area contributed by atoms with Crippen molar-refractivity contribution < 1.29 is 4.79 Å². The number of aryl methyl sites for hydroxylation is 1. The average molecular weight is 406 g/mol. The number of carbonyl (C=O) groups is 1. The summed E-state index contributed by atoms with van der Waals surface area (Å²) >= 11 is 1.47. The van der Waals surface area contributed by atoms with Gasteiger partial charge in [0.2, 0.25) is 5.91 Å². The van der Waals surface area contributed by atoms with Crippen LogP contribution in [0.2, 0.25) is 0 Å². The molecular formula is C24H27N3OS. The molecule has 0 bridgehead atoms. The average Bonchev–Trinajstić information content (AvgIpc) is 3.19. The maximum absolute atomic E-state index is 13.3. The second-order valence-electron chi connectivity index (χ2n) is 7.92. The van der Waals surface area contributed by atoms with Crippen LogP contribution in [0.1, 0.15) is 36.9 Å². The summed E-state index contributed by atoms with van der Waals surface area (Å²) < 4.78 is 0. The fraction of sp³-hybridized carbons (Fsp3) is 0.333. The molecule has 0 saturated carbocycles. The normalized spacial score (nSPS) is 16.5. The second kappa shape index (κ2) is 8.89. The van der Waals surface area contributed by atoms with Crippen LogP contribution < -0.4 is 5.32 Å². The highest BCUT2D eigenvalue weighted by molar-refractivity contribution is 7.14. The fourth-order valence-corrected chi connectivity index (χ4v) is 4.53. The van der Waals surface area contributed by atoms with E-state index in [0.717, 1.165) is 48.7 Å². The Morgan fingerprint density at radius 3 is 2.48 bits per heavy atom. The van der Waals surface area contributed by atoms with Crippen molar-refractivity contribution in [3.8, 4) is 11.3 Å². The predicted octanol–water partition coefficient (Wildman–Crippen LogP) is 5.53. The fourth-order valence-electron chi connectivity index (χ4n) is 3.81. The van der Waals surface area contributed by atoms with Crippen LogP contribution in [0.3, 0.4) is 0 Å². The number of thiazole rings is 1. The highest BCUT2D eigenvalue weighted by Gasteiger charge is 2.30. The summed E-state index contributed by atoms with van der Waals surface area (Å²) in [6.07, 6.45) is 2.26. The summed E-state index contributed by atoms with van der Waals surface area (Å²) in [7, 11) is 0. The number of nitrogens with zero attached hydrogens (tertiary/aromatic N) is 2. The van der Waals surface area contributed by atoms with Crippen molar-refractivity contribution in [2.45, 2.75) is 32.7 Å². The van der Waals surface area contributed by atoms with Crippen molar-refractivity contribution in [3.05, 3.63) is 71.1 Å². The molecule has 0 aliphatic carbocycles. The van der Waals surface area contributed by atoms with E-state index < -0.39 is 0 Å². The predicted molar refractivity (Wildman–Crippen MR) is 120 cm³/mol. The zero-order valence-electron chi connectivity index (χ0n) is 17.0. The molecular weight excluding hydrogens is 378 g/mol. The number of carbonyl (C=O) groups excluding carboxylic acids is 1. The van der Waals surface area contributed by atoms with Gasteiger partial charge < -0.3 is 5.32 Å². The summed E-state index contributed by atoms with van der Waals surface area (Å²) in [4.78, 5) is 20.3. The molecule has 1 aromatic heterocycles. The first-order valence-electron chi connectivity index (χ1n) is 10.2. The van der Waals surface area contributed by atoms with Crippen molar-refractivity contribution in [2.24, 2.45) is 5.92 Å². The molecule has 29 heavy (non-hydrogen) atoms. The van der Waals surface area contributed by atoms with Crippen LogP contribution in [0, 0.1) is 12.8 Å². The van der Waals surface area contributed by atoms with Crippen LogP contribution in [0.4, 0.5) is 5.13 Å². The lowest BCUT2D eigenvalue weighted by atomic mass is 9.95. The van der Waals surface area contributed by atoms with Crippen molar-refractivity contribution in [3.63, 3.8) is 0 Å².